The molecule has 2 aromatic carbocycles. The van der Waals surface area contributed by atoms with Gasteiger partial charge in [0.2, 0.25) is 0 Å². The summed E-state index contributed by atoms with van der Waals surface area (Å²) in [6.07, 6.45) is 3.79. The Morgan fingerprint density at radius 3 is 2.88 bits per heavy atom. The molecule has 0 saturated carbocycles. The molecule has 4 aliphatic rings. The van der Waals surface area contributed by atoms with Crippen molar-refractivity contribution >= 4 is 23.9 Å². The quantitative estimate of drug-likeness (QED) is 0.753. The number of anilines is 2. The van der Waals surface area contributed by atoms with Gasteiger partial charge in [-0.3, -0.25) is 0 Å². The first-order valence-electron chi connectivity index (χ1n) is 8.69. The van der Waals surface area contributed by atoms with Gasteiger partial charge in [-0.1, -0.05) is 30.3 Å². The van der Waals surface area contributed by atoms with Gasteiger partial charge in [-0.2, -0.15) is 0 Å². The Morgan fingerprint density at radius 1 is 1.12 bits per heavy atom. The minimum absolute atomic E-state index is 0.0503. The lowest BCUT2D eigenvalue weighted by Crippen LogP contribution is -2.58. The zero-order valence-electron chi connectivity index (χ0n) is 13.8. The number of hydrogen-bond acceptors (Lipinski definition) is 4. The second-order valence-corrected chi connectivity index (χ2v) is 7.25. The van der Waals surface area contributed by atoms with E-state index in [1.165, 1.54) is 28.2 Å². The van der Waals surface area contributed by atoms with Gasteiger partial charge in [-0.25, -0.2) is 0 Å². The van der Waals surface area contributed by atoms with Gasteiger partial charge < -0.3 is 19.3 Å². The van der Waals surface area contributed by atoms with Gasteiger partial charge in [0.1, 0.15) is 17.7 Å². The highest BCUT2D eigenvalue weighted by Crippen LogP contribution is 2.49. The Balaban J connectivity index is 1.63. The lowest BCUT2D eigenvalue weighted by molar-refractivity contribution is 0.254. The SMILES string of the molecule is CC(C)N1C=C2N3B(Oc4ccccc43)c3cccc4c3N2C1C4. The Hall–Kier alpha value is -2.56. The number of hydrogen-bond donors (Lipinski definition) is 0. The van der Waals surface area contributed by atoms with Crippen LogP contribution in [0.1, 0.15) is 19.4 Å². The fraction of sp³-hybridized carbons (Fsp3) is 0.263. The van der Waals surface area contributed by atoms with Gasteiger partial charge in [0.05, 0.1) is 5.69 Å². The van der Waals surface area contributed by atoms with Crippen LogP contribution < -0.4 is 19.8 Å². The monoisotopic (exact) mass is 315 g/mol. The molecular formula is C19H18BN3O. The predicted octanol–water partition coefficient (Wildman–Crippen LogP) is 2.51. The first kappa shape index (κ1) is 12.8. The van der Waals surface area contributed by atoms with Crippen LogP contribution in [-0.4, -0.2) is 24.2 Å². The van der Waals surface area contributed by atoms with Crippen LogP contribution >= 0.6 is 0 Å². The van der Waals surface area contributed by atoms with Crippen molar-refractivity contribution in [2.24, 2.45) is 0 Å². The Labute approximate surface area is 142 Å². The predicted molar refractivity (Wildman–Crippen MR) is 96.4 cm³/mol. The van der Waals surface area contributed by atoms with Gasteiger partial charge in [0.15, 0.2) is 0 Å². The van der Waals surface area contributed by atoms with Crippen LogP contribution in [0.4, 0.5) is 11.4 Å². The van der Waals surface area contributed by atoms with E-state index in [1.807, 2.05) is 6.07 Å². The van der Waals surface area contributed by atoms with Crippen molar-refractivity contribution in [1.29, 1.82) is 0 Å². The van der Waals surface area contributed by atoms with Crippen LogP contribution in [0.5, 0.6) is 5.75 Å². The smallest absolute Gasteiger partial charge is 0.527 e. The molecule has 0 amide bonds. The zero-order valence-corrected chi connectivity index (χ0v) is 13.8. The summed E-state index contributed by atoms with van der Waals surface area (Å²) in [6, 6.07) is 15.5. The van der Waals surface area contributed by atoms with Gasteiger partial charge >= 0.3 is 7.05 Å². The molecule has 0 spiro atoms. The van der Waals surface area contributed by atoms with Crippen molar-refractivity contribution in [3.05, 3.63) is 60.0 Å². The summed E-state index contributed by atoms with van der Waals surface area (Å²) < 4.78 is 6.35. The van der Waals surface area contributed by atoms with Crippen LogP contribution in [0.15, 0.2) is 54.5 Å². The van der Waals surface area contributed by atoms with Crippen molar-refractivity contribution in [2.75, 3.05) is 9.71 Å². The number of fused-ring (bicyclic) bond motifs is 5. The second kappa shape index (κ2) is 4.10. The maximum Gasteiger partial charge on any atom is 0.527 e. The molecule has 5 heteroatoms. The van der Waals surface area contributed by atoms with Crippen molar-refractivity contribution in [2.45, 2.75) is 32.5 Å². The third-order valence-corrected chi connectivity index (χ3v) is 5.65. The Morgan fingerprint density at radius 2 is 2.00 bits per heavy atom. The van der Waals surface area contributed by atoms with Crippen LogP contribution in [0.3, 0.4) is 0 Å². The summed E-state index contributed by atoms with van der Waals surface area (Å²) >= 11 is 0. The lowest BCUT2D eigenvalue weighted by Gasteiger charge is -2.38. The fourth-order valence-electron chi connectivity index (χ4n) is 4.67. The number of rotatable bonds is 1. The first-order chi connectivity index (χ1) is 11.7. The summed E-state index contributed by atoms with van der Waals surface area (Å²) in [5.41, 5.74) is 5.26. The molecule has 4 heterocycles. The molecule has 0 fully saturated rings. The molecule has 1 unspecified atom stereocenters. The maximum atomic E-state index is 6.35. The van der Waals surface area contributed by atoms with E-state index >= 15 is 0 Å². The molecule has 0 radical (unpaired) electrons. The molecule has 0 bridgehead atoms. The van der Waals surface area contributed by atoms with E-state index in [0.29, 0.717) is 12.2 Å². The molecule has 6 rings (SSSR count). The Kier molecular flexibility index (Phi) is 2.19. The summed E-state index contributed by atoms with van der Waals surface area (Å²) in [4.78, 5) is 7.37. The van der Waals surface area contributed by atoms with Gasteiger partial charge in [0, 0.05) is 29.8 Å². The number of nitrogens with zero attached hydrogens (tertiary/aromatic N) is 3. The fourth-order valence-corrected chi connectivity index (χ4v) is 4.67. The molecule has 0 N–H and O–H groups in total. The van der Waals surface area contributed by atoms with Crippen LogP contribution in [0.25, 0.3) is 0 Å². The minimum atomic E-state index is -0.0503. The van der Waals surface area contributed by atoms with Crippen molar-refractivity contribution in [3.8, 4) is 5.75 Å². The summed E-state index contributed by atoms with van der Waals surface area (Å²) in [7, 11) is -0.0503. The summed E-state index contributed by atoms with van der Waals surface area (Å²) in [6.45, 7) is 4.54. The molecule has 118 valence electrons. The van der Waals surface area contributed by atoms with E-state index in [4.69, 9.17) is 4.65 Å². The molecule has 1 atom stereocenters. The average molecular weight is 315 g/mol. The Bertz CT molecular complexity index is 909. The highest BCUT2D eigenvalue weighted by atomic mass is 16.5. The maximum absolute atomic E-state index is 6.35. The van der Waals surface area contributed by atoms with Crippen LogP contribution in [0, 0.1) is 0 Å². The van der Waals surface area contributed by atoms with E-state index in [1.54, 1.807) is 0 Å². The van der Waals surface area contributed by atoms with E-state index in [2.05, 4.69) is 71.1 Å². The van der Waals surface area contributed by atoms with Gasteiger partial charge in [-0.15, -0.1) is 0 Å². The molecule has 4 aliphatic heterocycles. The molecule has 0 aliphatic carbocycles. The third kappa shape index (κ3) is 1.33. The van der Waals surface area contributed by atoms with Crippen molar-refractivity contribution in [3.63, 3.8) is 0 Å². The molecule has 0 aromatic heterocycles. The van der Waals surface area contributed by atoms with Crippen LogP contribution in [-0.2, 0) is 6.42 Å². The highest BCUT2D eigenvalue weighted by molar-refractivity contribution is 6.76. The second-order valence-electron chi connectivity index (χ2n) is 7.25. The lowest BCUT2D eigenvalue weighted by atomic mass is 9.68. The first-order valence-corrected chi connectivity index (χ1v) is 8.69. The summed E-state index contributed by atoms with van der Waals surface area (Å²) in [5.74, 6) is 2.22. The minimum Gasteiger partial charge on any atom is -0.536 e. The molecule has 2 aromatic rings. The number of para-hydroxylation sites is 3. The molecular weight excluding hydrogens is 297 g/mol. The number of benzene rings is 2. The van der Waals surface area contributed by atoms with Gasteiger partial charge in [0.25, 0.3) is 0 Å². The highest BCUT2D eigenvalue weighted by Gasteiger charge is 2.54. The standard InChI is InChI=1S/C19H18BN3O/c1-12(2)21-11-18-22-17(21)10-13-6-5-7-14(19(13)22)20-23(18)15-8-3-4-9-16(15)24-20/h3-9,11-12,17H,10H2,1-2H3. The normalized spacial score (nSPS) is 21.8. The van der Waals surface area contributed by atoms with E-state index in [9.17, 15) is 0 Å². The average Bonchev–Trinajstić information content (AvgIpc) is 3.24. The molecule has 4 nitrogen and oxygen atoms in total. The molecule has 0 saturated heterocycles. The van der Waals surface area contributed by atoms with E-state index in [-0.39, 0.29) is 7.05 Å². The molecule has 24 heavy (non-hydrogen) atoms. The zero-order chi connectivity index (χ0) is 16.0. The van der Waals surface area contributed by atoms with E-state index in [0.717, 1.165) is 12.2 Å². The third-order valence-electron chi connectivity index (χ3n) is 5.65. The largest absolute Gasteiger partial charge is 0.536 e. The van der Waals surface area contributed by atoms with E-state index < -0.39 is 0 Å². The summed E-state index contributed by atoms with van der Waals surface area (Å²) in [5, 5.41) is 0. The van der Waals surface area contributed by atoms with Crippen molar-refractivity contribution in [1.82, 2.24) is 4.90 Å². The van der Waals surface area contributed by atoms with Crippen LogP contribution in [0.2, 0.25) is 0 Å². The topological polar surface area (TPSA) is 19.0 Å². The van der Waals surface area contributed by atoms with Gasteiger partial charge in [-0.05, 0) is 31.5 Å². The van der Waals surface area contributed by atoms with Crippen molar-refractivity contribution < 1.29 is 4.65 Å².